The molecular formula is C14H11ClF2N2O2. The molecule has 0 heterocycles. The zero-order valence-electron chi connectivity index (χ0n) is 10.7. The van der Waals surface area contributed by atoms with Crippen molar-refractivity contribution in [3.05, 3.63) is 64.2 Å². The van der Waals surface area contributed by atoms with Gasteiger partial charge in [-0.1, -0.05) is 16.8 Å². The van der Waals surface area contributed by atoms with E-state index in [0.29, 0.717) is 16.9 Å². The van der Waals surface area contributed by atoms with Crippen LogP contribution < -0.4 is 10.5 Å². The van der Waals surface area contributed by atoms with Crippen molar-refractivity contribution in [2.75, 3.05) is 0 Å². The summed E-state index contributed by atoms with van der Waals surface area (Å²) in [6.07, 6.45) is 0. The van der Waals surface area contributed by atoms with E-state index in [1.165, 1.54) is 24.3 Å². The quantitative estimate of drug-likeness (QED) is 0.394. The first-order valence-electron chi connectivity index (χ1n) is 5.85. The number of oxime groups is 1. The molecule has 0 fully saturated rings. The fourth-order valence-corrected chi connectivity index (χ4v) is 1.93. The Morgan fingerprint density at radius 2 is 1.86 bits per heavy atom. The predicted octanol–water partition coefficient (Wildman–Crippen LogP) is 3.29. The van der Waals surface area contributed by atoms with Crippen LogP contribution in [0.2, 0.25) is 5.02 Å². The number of hydrogen-bond acceptors (Lipinski definition) is 3. The molecule has 2 rings (SSSR count). The lowest BCUT2D eigenvalue weighted by atomic mass is 10.2. The zero-order chi connectivity index (χ0) is 15.4. The zero-order valence-corrected chi connectivity index (χ0v) is 11.4. The van der Waals surface area contributed by atoms with Gasteiger partial charge >= 0.3 is 0 Å². The molecule has 0 atom stereocenters. The Hall–Kier alpha value is -2.34. The minimum atomic E-state index is -0.679. The molecule has 0 spiro atoms. The van der Waals surface area contributed by atoms with Crippen LogP contribution in [0.25, 0.3) is 0 Å². The van der Waals surface area contributed by atoms with E-state index in [9.17, 15) is 8.78 Å². The molecule has 4 nitrogen and oxygen atoms in total. The van der Waals surface area contributed by atoms with Crippen LogP contribution in [0.5, 0.6) is 5.75 Å². The van der Waals surface area contributed by atoms with Crippen molar-refractivity contribution in [2.24, 2.45) is 10.9 Å². The van der Waals surface area contributed by atoms with Crippen molar-refractivity contribution in [1.82, 2.24) is 0 Å². The van der Waals surface area contributed by atoms with Crippen molar-refractivity contribution >= 4 is 17.4 Å². The molecule has 110 valence electrons. The number of ether oxygens (including phenoxy) is 1. The Morgan fingerprint density at radius 3 is 2.43 bits per heavy atom. The molecule has 0 radical (unpaired) electrons. The molecule has 2 aromatic carbocycles. The minimum Gasteiger partial charge on any atom is -0.487 e. The van der Waals surface area contributed by atoms with Gasteiger partial charge in [-0.2, -0.15) is 0 Å². The first kappa shape index (κ1) is 15.1. The van der Waals surface area contributed by atoms with Gasteiger partial charge in [-0.05, 0) is 35.9 Å². The average molecular weight is 313 g/mol. The van der Waals surface area contributed by atoms with Crippen molar-refractivity contribution < 1.29 is 18.7 Å². The number of amidine groups is 1. The second-order valence-electron chi connectivity index (χ2n) is 4.20. The van der Waals surface area contributed by atoms with Gasteiger partial charge in [-0.15, -0.1) is 0 Å². The smallest absolute Gasteiger partial charge is 0.170 e. The highest BCUT2D eigenvalue weighted by atomic mass is 35.5. The summed E-state index contributed by atoms with van der Waals surface area (Å²) in [7, 11) is 0. The molecule has 0 aliphatic rings. The molecule has 7 heteroatoms. The molecular weight excluding hydrogens is 302 g/mol. The molecule has 0 bridgehead atoms. The topological polar surface area (TPSA) is 67.8 Å². The van der Waals surface area contributed by atoms with E-state index in [1.54, 1.807) is 6.07 Å². The van der Waals surface area contributed by atoms with Crippen molar-refractivity contribution in [3.63, 3.8) is 0 Å². The van der Waals surface area contributed by atoms with Crippen LogP contribution in [0.15, 0.2) is 41.6 Å². The summed E-state index contributed by atoms with van der Waals surface area (Å²) >= 11 is 5.99. The molecule has 0 aliphatic carbocycles. The fourth-order valence-electron chi connectivity index (χ4n) is 1.69. The summed E-state index contributed by atoms with van der Waals surface area (Å²) in [5.41, 5.74) is 6.19. The largest absolute Gasteiger partial charge is 0.487 e. The Labute approximate surface area is 124 Å². The third-order valence-corrected chi connectivity index (χ3v) is 2.95. The highest BCUT2D eigenvalue weighted by molar-refractivity contribution is 6.32. The van der Waals surface area contributed by atoms with Gasteiger partial charge in [0, 0.05) is 11.6 Å². The van der Waals surface area contributed by atoms with Gasteiger partial charge < -0.3 is 15.7 Å². The van der Waals surface area contributed by atoms with Crippen LogP contribution in [0, 0.1) is 11.6 Å². The summed E-state index contributed by atoms with van der Waals surface area (Å²) < 4.78 is 31.5. The number of nitrogens with two attached hydrogens (primary N) is 1. The maximum Gasteiger partial charge on any atom is 0.170 e. The van der Waals surface area contributed by atoms with Gasteiger partial charge in [0.1, 0.15) is 24.0 Å². The molecule has 0 saturated carbocycles. The number of benzene rings is 2. The van der Waals surface area contributed by atoms with Crippen molar-refractivity contribution in [1.29, 1.82) is 0 Å². The van der Waals surface area contributed by atoms with Crippen LogP contribution >= 0.6 is 11.6 Å². The lowest BCUT2D eigenvalue weighted by Gasteiger charge is -2.09. The fraction of sp³-hybridized carbons (Fsp3) is 0.0714. The highest BCUT2D eigenvalue weighted by Gasteiger charge is 2.07. The van der Waals surface area contributed by atoms with Crippen LogP contribution in [-0.4, -0.2) is 11.0 Å². The van der Waals surface area contributed by atoms with E-state index in [1.807, 2.05) is 0 Å². The van der Waals surface area contributed by atoms with E-state index in [0.717, 1.165) is 6.07 Å². The third-order valence-electron chi connectivity index (χ3n) is 2.65. The molecule has 0 aliphatic heterocycles. The lowest BCUT2D eigenvalue weighted by molar-refractivity contribution is 0.305. The minimum absolute atomic E-state index is 0.0443. The molecule has 21 heavy (non-hydrogen) atoms. The van der Waals surface area contributed by atoms with E-state index >= 15 is 0 Å². The molecule has 2 aromatic rings. The van der Waals surface area contributed by atoms with Crippen molar-refractivity contribution in [2.45, 2.75) is 6.61 Å². The van der Waals surface area contributed by atoms with E-state index in [-0.39, 0.29) is 17.5 Å². The maximum atomic E-state index is 13.0. The maximum absolute atomic E-state index is 13.0. The number of rotatable bonds is 4. The summed E-state index contributed by atoms with van der Waals surface area (Å²) in [4.78, 5) is 0. The lowest BCUT2D eigenvalue weighted by Crippen LogP contribution is -2.12. The van der Waals surface area contributed by atoms with Gasteiger partial charge in [0.2, 0.25) is 0 Å². The molecule has 0 saturated heterocycles. The first-order valence-corrected chi connectivity index (χ1v) is 6.22. The Morgan fingerprint density at radius 1 is 1.19 bits per heavy atom. The van der Waals surface area contributed by atoms with E-state index < -0.39 is 11.6 Å². The highest BCUT2D eigenvalue weighted by Crippen LogP contribution is 2.26. The van der Waals surface area contributed by atoms with Gasteiger partial charge in [0.25, 0.3) is 0 Å². The average Bonchev–Trinajstić information content (AvgIpc) is 2.44. The van der Waals surface area contributed by atoms with Crippen LogP contribution in [0.4, 0.5) is 8.78 Å². The molecule has 0 unspecified atom stereocenters. The van der Waals surface area contributed by atoms with E-state index in [4.69, 9.17) is 27.3 Å². The molecule has 0 aromatic heterocycles. The second kappa shape index (κ2) is 6.41. The van der Waals surface area contributed by atoms with Gasteiger partial charge in [-0.3, -0.25) is 0 Å². The van der Waals surface area contributed by atoms with Gasteiger partial charge in [0.05, 0.1) is 5.02 Å². The normalized spacial score (nSPS) is 11.5. The predicted molar refractivity (Wildman–Crippen MR) is 74.7 cm³/mol. The number of halogens is 3. The monoisotopic (exact) mass is 312 g/mol. The SMILES string of the molecule is N/C(=N/O)c1ccc(OCc2cc(F)cc(F)c2)c(Cl)c1. The van der Waals surface area contributed by atoms with Crippen LogP contribution in [-0.2, 0) is 6.61 Å². The van der Waals surface area contributed by atoms with E-state index in [2.05, 4.69) is 5.16 Å². The van der Waals surface area contributed by atoms with Crippen molar-refractivity contribution in [3.8, 4) is 5.75 Å². The standard InChI is InChI=1S/C14H11ClF2N2O2/c15-12-5-9(14(18)19-20)1-2-13(12)21-7-8-3-10(16)6-11(17)4-8/h1-6,20H,7H2,(H2,18,19). The summed E-state index contributed by atoms with van der Waals surface area (Å²) in [6.45, 7) is -0.0443. The number of nitrogens with zero attached hydrogens (tertiary/aromatic N) is 1. The summed E-state index contributed by atoms with van der Waals surface area (Å²) in [6, 6.07) is 7.64. The van der Waals surface area contributed by atoms with Crippen LogP contribution in [0.1, 0.15) is 11.1 Å². The summed E-state index contributed by atoms with van der Waals surface area (Å²) in [5.74, 6) is -1.13. The number of hydrogen-bond donors (Lipinski definition) is 2. The second-order valence-corrected chi connectivity index (χ2v) is 4.60. The Kier molecular flexibility index (Phi) is 4.59. The first-order chi connectivity index (χ1) is 9.99. The van der Waals surface area contributed by atoms with Gasteiger partial charge in [-0.25, -0.2) is 8.78 Å². The summed E-state index contributed by atoms with van der Waals surface area (Å²) in [5, 5.41) is 11.7. The molecule has 3 N–H and O–H groups in total. The van der Waals surface area contributed by atoms with Gasteiger partial charge in [0.15, 0.2) is 5.84 Å². The van der Waals surface area contributed by atoms with Crippen LogP contribution in [0.3, 0.4) is 0 Å². The Balaban J connectivity index is 2.13. The molecule has 0 amide bonds. The Bertz CT molecular complexity index is 672. The third kappa shape index (κ3) is 3.82.